The average Bonchev–Trinajstić information content (AvgIpc) is 2.40. The van der Waals surface area contributed by atoms with Gasteiger partial charge >= 0.3 is 0 Å². The molecule has 0 amide bonds. The van der Waals surface area contributed by atoms with Crippen LogP contribution in [0.2, 0.25) is 0 Å². The van der Waals surface area contributed by atoms with Crippen molar-refractivity contribution in [3.8, 4) is 0 Å². The number of aliphatic hydroxyl groups is 3. The predicted octanol–water partition coefficient (Wildman–Crippen LogP) is 1.85. The SMILES string of the molecule is CCCCCC(C)(CC)[C@@H]1O[C@@H](C)C(O)C(O)C1O. The van der Waals surface area contributed by atoms with Gasteiger partial charge in [-0.25, -0.2) is 0 Å². The van der Waals surface area contributed by atoms with Crippen LogP contribution in [0, 0.1) is 5.41 Å². The van der Waals surface area contributed by atoms with Gasteiger partial charge in [-0.1, -0.05) is 40.0 Å². The van der Waals surface area contributed by atoms with Gasteiger partial charge in [0.05, 0.1) is 12.2 Å². The lowest BCUT2D eigenvalue weighted by Crippen LogP contribution is -2.60. The topological polar surface area (TPSA) is 69.9 Å². The monoisotopic (exact) mass is 274 g/mol. The Bertz CT molecular complexity index is 271. The van der Waals surface area contributed by atoms with E-state index in [1.807, 2.05) is 0 Å². The van der Waals surface area contributed by atoms with Crippen LogP contribution in [0.1, 0.15) is 59.8 Å². The molecule has 0 radical (unpaired) electrons. The molecule has 6 atom stereocenters. The van der Waals surface area contributed by atoms with E-state index in [1.54, 1.807) is 6.92 Å². The lowest BCUT2D eigenvalue weighted by atomic mass is 9.72. The molecule has 0 spiro atoms. The Morgan fingerprint density at radius 1 is 1.00 bits per heavy atom. The average molecular weight is 274 g/mol. The van der Waals surface area contributed by atoms with Crippen LogP contribution >= 0.6 is 0 Å². The Kier molecular flexibility index (Phi) is 6.24. The van der Waals surface area contributed by atoms with Gasteiger partial charge in [0.15, 0.2) is 0 Å². The number of ether oxygens (including phenoxy) is 1. The summed E-state index contributed by atoms with van der Waals surface area (Å²) in [5.41, 5.74) is -0.163. The minimum atomic E-state index is -1.12. The van der Waals surface area contributed by atoms with Gasteiger partial charge in [-0.2, -0.15) is 0 Å². The van der Waals surface area contributed by atoms with Gasteiger partial charge in [0.2, 0.25) is 0 Å². The quantitative estimate of drug-likeness (QED) is 0.647. The van der Waals surface area contributed by atoms with E-state index in [4.69, 9.17) is 4.74 Å². The van der Waals surface area contributed by atoms with Crippen LogP contribution in [0.4, 0.5) is 0 Å². The fraction of sp³-hybridized carbons (Fsp3) is 1.00. The molecule has 1 rings (SSSR count). The second-order valence-electron chi connectivity index (χ2n) is 6.20. The largest absolute Gasteiger partial charge is 0.388 e. The molecule has 4 heteroatoms. The fourth-order valence-corrected chi connectivity index (χ4v) is 2.93. The maximum atomic E-state index is 10.2. The zero-order valence-corrected chi connectivity index (χ0v) is 12.7. The highest BCUT2D eigenvalue weighted by molar-refractivity contribution is 4.97. The fourth-order valence-electron chi connectivity index (χ4n) is 2.93. The predicted molar refractivity (Wildman–Crippen MR) is 74.9 cm³/mol. The summed E-state index contributed by atoms with van der Waals surface area (Å²) in [6.07, 6.45) is 1.27. The summed E-state index contributed by atoms with van der Waals surface area (Å²) < 4.78 is 5.81. The summed E-state index contributed by atoms with van der Waals surface area (Å²) in [6.45, 7) is 8.10. The van der Waals surface area contributed by atoms with Crippen molar-refractivity contribution in [1.82, 2.24) is 0 Å². The molecule has 19 heavy (non-hydrogen) atoms. The second-order valence-corrected chi connectivity index (χ2v) is 6.20. The molecule has 114 valence electrons. The molecule has 1 aliphatic rings. The summed E-state index contributed by atoms with van der Waals surface area (Å²) in [5, 5.41) is 29.9. The summed E-state index contributed by atoms with van der Waals surface area (Å²) in [7, 11) is 0. The van der Waals surface area contributed by atoms with Crippen LogP contribution in [-0.2, 0) is 4.74 Å². The zero-order chi connectivity index (χ0) is 14.6. The molecule has 0 bridgehead atoms. The Labute approximate surface area is 116 Å². The molecule has 4 unspecified atom stereocenters. The summed E-state index contributed by atoms with van der Waals surface area (Å²) in [6, 6.07) is 0. The van der Waals surface area contributed by atoms with Crippen LogP contribution in [0.5, 0.6) is 0 Å². The van der Waals surface area contributed by atoms with Crippen LogP contribution in [-0.4, -0.2) is 45.8 Å². The van der Waals surface area contributed by atoms with Gasteiger partial charge in [0.1, 0.15) is 18.3 Å². The van der Waals surface area contributed by atoms with Gasteiger partial charge in [-0.05, 0) is 25.2 Å². The van der Waals surface area contributed by atoms with Crippen molar-refractivity contribution in [2.45, 2.75) is 90.3 Å². The van der Waals surface area contributed by atoms with Crippen molar-refractivity contribution in [1.29, 1.82) is 0 Å². The molecule has 1 saturated heterocycles. The Morgan fingerprint density at radius 3 is 2.16 bits per heavy atom. The molecule has 0 saturated carbocycles. The third-order valence-corrected chi connectivity index (χ3v) is 4.70. The number of unbranched alkanes of at least 4 members (excludes halogenated alkanes) is 2. The van der Waals surface area contributed by atoms with Gasteiger partial charge in [0, 0.05) is 0 Å². The van der Waals surface area contributed by atoms with E-state index < -0.39 is 30.5 Å². The summed E-state index contributed by atoms with van der Waals surface area (Å²) in [4.78, 5) is 0. The van der Waals surface area contributed by atoms with Crippen LogP contribution in [0.25, 0.3) is 0 Å². The first kappa shape index (κ1) is 16.9. The molecule has 0 aromatic heterocycles. The number of hydrogen-bond acceptors (Lipinski definition) is 4. The minimum absolute atomic E-state index is 0.163. The molecule has 3 N–H and O–H groups in total. The minimum Gasteiger partial charge on any atom is -0.388 e. The number of aliphatic hydroxyl groups excluding tert-OH is 3. The smallest absolute Gasteiger partial charge is 0.111 e. The first-order chi connectivity index (χ1) is 8.87. The van der Waals surface area contributed by atoms with E-state index in [1.165, 1.54) is 6.42 Å². The molecule has 0 aliphatic carbocycles. The highest BCUT2D eigenvalue weighted by Gasteiger charge is 2.48. The van der Waals surface area contributed by atoms with Crippen molar-refractivity contribution in [2.75, 3.05) is 0 Å². The van der Waals surface area contributed by atoms with Gasteiger partial charge in [0.25, 0.3) is 0 Å². The van der Waals surface area contributed by atoms with E-state index in [0.717, 1.165) is 25.7 Å². The maximum Gasteiger partial charge on any atom is 0.111 e. The van der Waals surface area contributed by atoms with Crippen molar-refractivity contribution in [3.05, 3.63) is 0 Å². The van der Waals surface area contributed by atoms with E-state index in [2.05, 4.69) is 20.8 Å². The highest BCUT2D eigenvalue weighted by atomic mass is 16.5. The molecular formula is C15H30O4. The van der Waals surface area contributed by atoms with Crippen LogP contribution < -0.4 is 0 Å². The Morgan fingerprint density at radius 2 is 1.63 bits per heavy atom. The van der Waals surface area contributed by atoms with Crippen molar-refractivity contribution in [2.24, 2.45) is 5.41 Å². The first-order valence-corrected chi connectivity index (χ1v) is 7.57. The second kappa shape index (κ2) is 7.02. The van der Waals surface area contributed by atoms with Crippen molar-refractivity contribution >= 4 is 0 Å². The van der Waals surface area contributed by atoms with E-state index in [-0.39, 0.29) is 5.41 Å². The lowest BCUT2D eigenvalue weighted by Gasteiger charge is -2.47. The third kappa shape index (κ3) is 3.69. The molecule has 0 aromatic carbocycles. The molecular weight excluding hydrogens is 244 g/mol. The van der Waals surface area contributed by atoms with Gasteiger partial charge in [-0.15, -0.1) is 0 Å². The summed E-state index contributed by atoms with van der Waals surface area (Å²) in [5.74, 6) is 0. The van der Waals surface area contributed by atoms with E-state index >= 15 is 0 Å². The molecule has 0 aromatic rings. The number of hydrogen-bond donors (Lipinski definition) is 3. The third-order valence-electron chi connectivity index (χ3n) is 4.70. The van der Waals surface area contributed by atoms with E-state index in [9.17, 15) is 15.3 Å². The Balaban J connectivity index is 2.78. The van der Waals surface area contributed by atoms with E-state index in [0.29, 0.717) is 0 Å². The molecule has 1 heterocycles. The molecule has 4 nitrogen and oxygen atoms in total. The Hall–Kier alpha value is -0.160. The number of rotatable bonds is 6. The standard InChI is InChI=1S/C15H30O4/c1-5-7-8-9-15(4,6-2)14-13(18)12(17)11(16)10(3)19-14/h10-14,16-18H,5-9H2,1-4H3/t10-,11?,12?,13?,14+,15?/m0/s1. The normalized spacial score (nSPS) is 39.0. The van der Waals surface area contributed by atoms with Crippen molar-refractivity contribution < 1.29 is 20.1 Å². The van der Waals surface area contributed by atoms with Crippen molar-refractivity contribution in [3.63, 3.8) is 0 Å². The zero-order valence-electron chi connectivity index (χ0n) is 12.7. The maximum absolute atomic E-state index is 10.2. The molecule has 1 fully saturated rings. The summed E-state index contributed by atoms with van der Waals surface area (Å²) >= 11 is 0. The van der Waals surface area contributed by atoms with Crippen LogP contribution in [0.15, 0.2) is 0 Å². The lowest BCUT2D eigenvalue weighted by molar-refractivity contribution is -0.245. The van der Waals surface area contributed by atoms with Gasteiger partial charge < -0.3 is 20.1 Å². The highest BCUT2D eigenvalue weighted by Crippen LogP contribution is 2.40. The molecule has 1 aliphatic heterocycles. The van der Waals surface area contributed by atoms with Gasteiger partial charge in [-0.3, -0.25) is 0 Å². The first-order valence-electron chi connectivity index (χ1n) is 7.57. The van der Waals surface area contributed by atoms with Crippen LogP contribution in [0.3, 0.4) is 0 Å².